The summed E-state index contributed by atoms with van der Waals surface area (Å²) in [5.41, 5.74) is 2.19. The lowest BCUT2D eigenvalue weighted by atomic mass is 10.1. The average Bonchev–Trinajstić information content (AvgIpc) is 3.10. The van der Waals surface area contributed by atoms with Crippen LogP contribution in [-0.4, -0.2) is 15.8 Å². The van der Waals surface area contributed by atoms with Gasteiger partial charge in [0, 0.05) is 22.6 Å². The van der Waals surface area contributed by atoms with Crippen LogP contribution in [0.3, 0.4) is 0 Å². The predicted molar refractivity (Wildman–Crippen MR) is 108 cm³/mol. The highest BCUT2D eigenvalue weighted by atomic mass is 32.1. The lowest BCUT2D eigenvalue weighted by molar-refractivity contribution is -0.385. The van der Waals surface area contributed by atoms with Crippen molar-refractivity contribution in [3.63, 3.8) is 0 Å². The molecule has 0 bridgehead atoms. The number of para-hydroxylation sites is 1. The standard InChI is InChI=1S/C20H17N3O3S/c1-2-17-19(15-9-4-3-5-10-15)22-20(27-17)21-18(24)13-12-14-8-6-7-11-16(14)23(25)26/h3-13H,2H2,1H3,(H,21,22,24)/b13-12+. The first-order chi connectivity index (χ1) is 13.1. The van der Waals surface area contributed by atoms with Gasteiger partial charge in [0.1, 0.15) is 0 Å². The largest absolute Gasteiger partial charge is 0.298 e. The van der Waals surface area contributed by atoms with E-state index in [9.17, 15) is 14.9 Å². The summed E-state index contributed by atoms with van der Waals surface area (Å²) >= 11 is 1.43. The highest BCUT2D eigenvalue weighted by molar-refractivity contribution is 7.16. The minimum Gasteiger partial charge on any atom is -0.298 e. The minimum absolute atomic E-state index is 0.0459. The molecule has 0 aliphatic heterocycles. The topological polar surface area (TPSA) is 85.1 Å². The Morgan fingerprint density at radius 2 is 1.89 bits per heavy atom. The Hall–Kier alpha value is -3.32. The number of nitro benzene ring substituents is 1. The number of nitrogens with zero attached hydrogens (tertiary/aromatic N) is 2. The number of carbonyl (C=O) groups is 1. The average molecular weight is 379 g/mol. The number of hydrogen-bond donors (Lipinski definition) is 1. The Morgan fingerprint density at radius 1 is 1.19 bits per heavy atom. The molecule has 0 radical (unpaired) electrons. The van der Waals surface area contributed by atoms with Crippen molar-refractivity contribution in [2.24, 2.45) is 0 Å². The van der Waals surface area contributed by atoms with Crippen LogP contribution in [0, 0.1) is 10.1 Å². The highest BCUT2D eigenvalue weighted by Crippen LogP contribution is 2.31. The minimum atomic E-state index is -0.474. The molecule has 1 heterocycles. The lowest BCUT2D eigenvalue weighted by Gasteiger charge is -1.99. The molecule has 3 rings (SSSR count). The van der Waals surface area contributed by atoms with Gasteiger partial charge in [-0.25, -0.2) is 4.98 Å². The second kappa shape index (κ2) is 8.37. The molecule has 0 saturated carbocycles. The van der Waals surface area contributed by atoms with Gasteiger partial charge in [-0.05, 0) is 18.6 Å². The first kappa shape index (κ1) is 18.5. The lowest BCUT2D eigenvalue weighted by Crippen LogP contribution is -2.07. The number of carbonyl (C=O) groups excluding carboxylic acids is 1. The monoisotopic (exact) mass is 379 g/mol. The number of nitro groups is 1. The zero-order valence-electron chi connectivity index (χ0n) is 14.6. The van der Waals surface area contributed by atoms with Crippen molar-refractivity contribution in [2.45, 2.75) is 13.3 Å². The smallest absolute Gasteiger partial charge is 0.276 e. The molecule has 1 aromatic heterocycles. The van der Waals surface area contributed by atoms with Crippen LogP contribution in [0.4, 0.5) is 10.8 Å². The molecule has 2 aromatic carbocycles. The van der Waals surface area contributed by atoms with Gasteiger partial charge < -0.3 is 0 Å². The molecule has 1 amide bonds. The molecular weight excluding hydrogens is 362 g/mol. The molecule has 27 heavy (non-hydrogen) atoms. The van der Waals surface area contributed by atoms with Crippen LogP contribution >= 0.6 is 11.3 Å². The maximum Gasteiger partial charge on any atom is 0.276 e. The van der Waals surface area contributed by atoms with E-state index >= 15 is 0 Å². The van der Waals surface area contributed by atoms with Crippen molar-refractivity contribution in [1.29, 1.82) is 0 Å². The summed E-state index contributed by atoms with van der Waals surface area (Å²) in [5, 5.41) is 14.3. The van der Waals surface area contributed by atoms with E-state index in [2.05, 4.69) is 10.3 Å². The van der Waals surface area contributed by atoms with Crippen molar-refractivity contribution in [1.82, 2.24) is 4.98 Å². The number of benzene rings is 2. The summed E-state index contributed by atoms with van der Waals surface area (Å²) in [5.74, 6) is -0.385. The predicted octanol–water partition coefficient (Wildman–Crippen LogP) is 4.93. The summed E-state index contributed by atoms with van der Waals surface area (Å²) in [7, 11) is 0. The number of aryl methyl sites for hydroxylation is 1. The molecule has 0 unspecified atom stereocenters. The number of thiazole rings is 1. The molecular formula is C20H17N3O3S. The van der Waals surface area contributed by atoms with Crippen molar-refractivity contribution in [3.05, 3.63) is 81.2 Å². The van der Waals surface area contributed by atoms with E-state index in [-0.39, 0.29) is 11.6 Å². The molecule has 136 valence electrons. The first-order valence-electron chi connectivity index (χ1n) is 8.36. The number of aromatic nitrogens is 1. The second-order valence-electron chi connectivity index (χ2n) is 5.65. The molecule has 1 N–H and O–H groups in total. The van der Waals surface area contributed by atoms with Crippen LogP contribution in [0.5, 0.6) is 0 Å². The Morgan fingerprint density at radius 3 is 2.59 bits per heavy atom. The SMILES string of the molecule is CCc1sc(NC(=O)/C=C/c2ccccc2[N+](=O)[O-])nc1-c1ccccc1. The Balaban J connectivity index is 1.77. The maximum atomic E-state index is 12.2. The van der Waals surface area contributed by atoms with E-state index < -0.39 is 4.92 Å². The van der Waals surface area contributed by atoms with Crippen LogP contribution in [0.1, 0.15) is 17.4 Å². The van der Waals surface area contributed by atoms with E-state index in [1.807, 2.05) is 37.3 Å². The van der Waals surface area contributed by atoms with E-state index in [1.165, 1.54) is 29.6 Å². The van der Waals surface area contributed by atoms with E-state index in [0.717, 1.165) is 22.6 Å². The zero-order valence-corrected chi connectivity index (χ0v) is 15.4. The fourth-order valence-corrected chi connectivity index (χ4v) is 3.50. The molecule has 6 nitrogen and oxygen atoms in total. The summed E-state index contributed by atoms with van der Waals surface area (Å²) in [6.45, 7) is 2.04. The molecule has 0 spiro atoms. The third-order valence-electron chi connectivity index (χ3n) is 3.84. The second-order valence-corrected chi connectivity index (χ2v) is 6.73. The Labute approximate surface area is 160 Å². The van der Waals surface area contributed by atoms with Crippen molar-refractivity contribution in [3.8, 4) is 11.3 Å². The number of nitrogens with one attached hydrogen (secondary N) is 1. The molecule has 3 aromatic rings. The molecule has 0 aliphatic carbocycles. The van der Waals surface area contributed by atoms with Crippen LogP contribution in [0.2, 0.25) is 0 Å². The maximum absolute atomic E-state index is 12.2. The van der Waals surface area contributed by atoms with Crippen molar-refractivity contribution in [2.75, 3.05) is 5.32 Å². The van der Waals surface area contributed by atoms with Gasteiger partial charge in [-0.3, -0.25) is 20.2 Å². The number of hydrogen-bond acceptors (Lipinski definition) is 5. The third-order valence-corrected chi connectivity index (χ3v) is 4.96. The zero-order chi connectivity index (χ0) is 19.2. The summed E-state index contributed by atoms with van der Waals surface area (Å²) in [4.78, 5) is 28.4. The quantitative estimate of drug-likeness (QED) is 0.374. The van der Waals surface area contributed by atoms with Gasteiger partial charge in [0.2, 0.25) is 5.91 Å². The molecule has 0 aliphatic rings. The number of rotatable bonds is 6. The van der Waals surface area contributed by atoms with E-state index in [1.54, 1.807) is 18.2 Å². The molecule has 0 fully saturated rings. The van der Waals surface area contributed by atoms with Crippen molar-refractivity contribution < 1.29 is 9.72 Å². The molecule has 7 heteroatoms. The van der Waals surface area contributed by atoms with Crippen LogP contribution in [0.15, 0.2) is 60.7 Å². The Bertz CT molecular complexity index is 997. The van der Waals surface area contributed by atoms with Crippen LogP contribution < -0.4 is 5.32 Å². The van der Waals surface area contributed by atoms with Crippen LogP contribution in [0.25, 0.3) is 17.3 Å². The van der Waals surface area contributed by atoms with Gasteiger partial charge in [0.05, 0.1) is 16.2 Å². The highest BCUT2D eigenvalue weighted by Gasteiger charge is 2.13. The van der Waals surface area contributed by atoms with E-state index in [0.29, 0.717) is 10.7 Å². The van der Waals surface area contributed by atoms with Gasteiger partial charge >= 0.3 is 0 Å². The van der Waals surface area contributed by atoms with Crippen molar-refractivity contribution >= 4 is 34.1 Å². The fraction of sp³-hybridized carbons (Fsp3) is 0.100. The normalized spacial score (nSPS) is 10.9. The Kier molecular flexibility index (Phi) is 5.73. The van der Waals surface area contributed by atoms with Gasteiger partial charge in [-0.15, -0.1) is 11.3 Å². The van der Waals surface area contributed by atoms with Gasteiger partial charge in [0.25, 0.3) is 5.69 Å². The molecule has 0 saturated heterocycles. The summed E-state index contributed by atoms with van der Waals surface area (Å²) < 4.78 is 0. The summed E-state index contributed by atoms with van der Waals surface area (Å²) in [6, 6.07) is 16.1. The van der Waals surface area contributed by atoms with Crippen LogP contribution in [-0.2, 0) is 11.2 Å². The van der Waals surface area contributed by atoms with Gasteiger partial charge in [-0.2, -0.15) is 0 Å². The third kappa shape index (κ3) is 4.45. The van der Waals surface area contributed by atoms with Gasteiger partial charge in [0.15, 0.2) is 5.13 Å². The summed E-state index contributed by atoms with van der Waals surface area (Å²) in [6.07, 6.45) is 3.52. The molecule has 0 atom stereocenters. The first-order valence-corrected chi connectivity index (χ1v) is 9.17. The van der Waals surface area contributed by atoms with E-state index in [4.69, 9.17) is 0 Å². The fourth-order valence-electron chi connectivity index (χ4n) is 2.57. The number of anilines is 1. The number of amides is 1. The van der Waals surface area contributed by atoms with Gasteiger partial charge in [-0.1, -0.05) is 49.4 Å².